The van der Waals surface area contributed by atoms with Crippen molar-refractivity contribution in [3.8, 4) is 22.8 Å². The number of rotatable bonds is 7. The Balaban J connectivity index is 1.53. The van der Waals surface area contributed by atoms with Crippen LogP contribution in [0.15, 0.2) is 65.7 Å². The van der Waals surface area contributed by atoms with E-state index in [2.05, 4.69) is 15.5 Å². The zero-order chi connectivity index (χ0) is 19.1. The van der Waals surface area contributed by atoms with Crippen molar-refractivity contribution in [2.24, 2.45) is 0 Å². The number of benzene rings is 2. The molecule has 6 nitrogen and oxygen atoms in total. The molecule has 0 unspecified atom stereocenters. The van der Waals surface area contributed by atoms with Crippen LogP contribution in [0, 0.1) is 0 Å². The molecule has 3 rings (SSSR count). The SMILES string of the molecule is COc1ccc(NC(=O)CSc2ccc(-c3ccc(OC)cc3)nn2)cc1. The summed E-state index contributed by atoms with van der Waals surface area (Å²) in [5.74, 6) is 1.69. The summed E-state index contributed by atoms with van der Waals surface area (Å²) in [5, 5.41) is 11.9. The molecular formula is C20H19N3O3S. The predicted molar refractivity (Wildman–Crippen MR) is 106 cm³/mol. The van der Waals surface area contributed by atoms with E-state index in [9.17, 15) is 4.79 Å². The first-order valence-electron chi connectivity index (χ1n) is 8.23. The first-order chi connectivity index (χ1) is 13.2. The number of methoxy groups -OCH3 is 2. The number of amides is 1. The van der Waals surface area contributed by atoms with E-state index in [0.717, 1.165) is 28.4 Å². The van der Waals surface area contributed by atoms with E-state index in [-0.39, 0.29) is 11.7 Å². The van der Waals surface area contributed by atoms with Crippen LogP contribution in [-0.4, -0.2) is 36.1 Å². The maximum absolute atomic E-state index is 12.1. The highest BCUT2D eigenvalue weighted by atomic mass is 32.2. The standard InChI is InChI=1S/C20H19N3O3S/c1-25-16-7-3-14(4-8-16)18-11-12-20(23-22-18)27-13-19(24)21-15-5-9-17(26-2)10-6-15/h3-12H,13H2,1-2H3,(H,21,24). The van der Waals surface area contributed by atoms with Crippen LogP contribution in [-0.2, 0) is 4.79 Å². The van der Waals surface area contributed by atoms with Gasteiger partial charge >= 0.3 is 0 Å². The smallest absolute Gasteiger partial charge is 0.234 e. The second-order valence-electron chi connectivity index (χ2n) is 5.55. The van der Waals surface area contributed by atoms with E-state index in [1.165, 1.54) is 11.8 Å². The van der Waals surface area contributed by atoms with Crippen molar-refractivity contribution < 1.29 is 14.3 Å². The Bertz CT molecular complexity index is 882. The predicted octanol–water partition coefficient (Wildman–Crippen LogP) is 3.89. The van der Waals surface area contributed by atoms with Crippen LogP contribution < -0.4 is 14.8 Å². The lowest BCUT2D eigenvalue weighted by molar-refractivity contribution is -0.113. The maximum atomic E-state index is 12.1. The van der Waals surface area contributed by atoms with Crippen molar-refractivity contribution in [1.29, 1.82) is 0 Å². The van der Waals surface area contributed by atoms with E-state index < -0.39 is 0 Å². The van der Waals surface area contributed by atoms with Gasteiger partial charge in [0.1, 0.15) is 16.5 Å². The van der Waals surface area contributed by atoms with Crippen molar-refractivity contribution in [2.75, 3.05) is 25.3 Å². The zero-order valence-electron chi connectivity index (χ0n) is 15.0. The second-order valence-corrected chi connectivity index (χ2v) is 6.55. The minimum Gasteiger partial charge on any atom is -0.497 e. The first kappa shape index (κ1) is 18.7. The molecule has 1 amide bonds. The van der Waals surface area contributed by atoms with Gasteiger partial charge in [0.25, 0.3) is 0 Å². The van der Waals surface area contributed by atoms with Crippen LogP contribution >= 0.6 is 11.8 Å². The van der Waals surface area contributed by atoms with Crippen molar-refractivity contribution in [1.82, 2.24) is 10.2 Å². The van der Waals surface area contributed by atoms with Gasteiger partial charge in [0.05, 0.1) is 25.7 Å². The molecule has 0 aliphatic carbocycles. The molecule has 27 heavy (non-hydrogen) atoms. The Morgan fingerprint density at radius 2 is 1.52 bits per heavy atom. The highest BCUT2D eigenvalue weighted by Crippen LogP contribution is 2.22. The zero-order valence-corrected chi connectivity index (χ0v) is 15.8. The number of ether oxygens (including phenoxy) is 2. The van der Waals surface area contributed by atoms with Gasteiger partial charge in [-0.2, -0.15) is 0 Å². The average molecular weight is 381 g/mol. The first-order valence-corrected chi connectivity index (χ1v) is 9.21. The molecule has 0 radical (unpaired) electrons. The lowest BCUT2D eigenvalue weighted by Crippen LogP contribution is -2.14. The summed E-state index contributed by atoms with van der Waals surface area (Å²) in [4.78, 5) is 12.1. The van der Waals surface area contributed by atoms with Crippen molar-refractivity contribution >= 4 is 23.4 Å². The Morgan fingerprint density at radius 3 is 2.07 bits per heavy atom. The van der Waals surface area contributed by atoms with Crippen LogP contribution in [0.2, 0.25) is 0 Å². The number of hydrogen-bond donors (Lipinski definition) is 1. The van der Waals surface area contributed by atoms with Crippen LogP contribution in [0.4, 0.5) is 5.69 Å². The van der Waals surface area contributed by atoms with Crippen molar-refractivity contribution in [3.05, 3.63) is 60.7 Å². The van der Waals surface area contributed by atoms with Crippen LogP contribution in [0.5, 0.6) is 11.5 Å². The van der Waals surface area contributed by atoms with Gasteiger partial charge < -0.3 is 14.8 Å². The normalized spacial score (nSPS) is 10.3. The Labute approximate surface area is 161 Å². The molecule has 0 aliphatic heterocycles. The summed E-state index contributed by atoms with van der Waals surface area (Å²) in [6, 6.07) is 18.5. The van der Waals surface area contributed by atoms with Gasteiger partial charge in [0, 0.05) is 11.3 Å². The van der Waals surface area contributed by atoms with E-state index in [1.54, 1.807) is 38.5 Å². The molecule has 3 aromatic rings. The van der Waals surface area contributed by atoms with Crippen molar-refractivity contribution in [2.45, 2.75) is 5.03 Å². The topological polar surface area (TPSA) is 73.3 Å². The number of hydrogen-bond acceptors (Lipinski definition) is 6. The maximum Gasteiger partial charge on any atom is 0.234 e. The van der Waals surface area contributed by atoms with Crippen LogP contribution in [0.1, 0.15) is 0 Å². The third-order valence-electron chi connectivity index (χ3n) is 3.75. The quantitative estimate of drug-likeness (QED) is 0.626. The molecule has 0 saturated heterocycles. The number of aromatic nitrogens is 2. The van der Waals surface area contributed by atoms with E-state index in [4.69, 9.17) is 9.47 Å². The molecule has 2 aromatic carbocycles. The molecular weight excluding hydrogens is 362 g/mol. The summed E-state index contributed by atoms with van der Waals surface area (Å²) in [6.45, 7) is 0. The number of thioether (sulfide) groups is 1. The summed E-state index contributed by atoms with van der Waals surface area (Å²) in [7, 11) is 3.23. The second kappa shape index (κ2) is 9.05. The van der Waals surface area contributed by atoms with E-state index >= 15 is 0 Å². The molecule has 1 N–H and O–H groups in total. The summed E-state index contributed by atoms with van der Waals surface area (Å²) in [5.41, 5.74) is 2.45. The minimum atomic E-state index is -0.105. The monoisotopic (exact) mass is 381 g/mol. The molecule has 0 spiro atoms. The molecule has 0 atom stereocenters. The molecule has 1 aromatic heterocycles. The average Bonchev–Trinajstić information content (AvgIpc) is 2.73. The van der Waals surface area contributed by atoms with Crippen LogP contribution in [0.3, 0.4) is 0 Å². The van der Waals surface area contributed by atoms with Crippen LogP contribution in [0.25, 0.3) is 11.3 Å². The lowest BCUT2D eigenvalue weighted by Gasteiger charge is -2.06. The molecule has 0 aliphatic rings. The fourth-order valence-electron chi connectivity index (χ4n) is 2.32. The number of nitrogens with one attached hydrogen (secondary N) is 1. The molecule has 7 heteroatoms. The van der Waals surface area contributed by atoms with Gasteiger partial charge in [-0.3, -0.25) is 4.79 Å². The molecule has 0 bridgehead atoms. The highest BCUT2D eigenvalue weighted by Gasteiger charge is 2.07. The number of anilines is 1. The minimum absolute atomic E-state index is 0.105. The third-order valence-corrected chi connectivity index (χ3v) is 4.67. The molecule has 0 fully saturated rings. The number of carbonyl (C=O) groups is 1. The third kappa shape index (κ3) is 5.21. The number of carbonyl (C=O) groups excluding carboxylic acids is 1. The Morgan fingerprint density at radius 1 is 0.889 bits per heavy atom. The van der Waals surface area contributed by atoms with Gasteiger partial charge in [-0.05, 0) is 60.7 Å². The largest absolute Gasteiger partial charge is 0.497 e. The number of nitrogens with zero attached hydrogens (tertiary/aromatic N) is 2. The highest BCUT2D eigenvalue weighted by molar-refractivity contribution is 7.99. The summed E-state index contributed by atoms with van der Waals surface area (Å²) < 4.78 is 10.2. The molecule has 1 heterocycles. The lowest BCUT2D eigenvalue weighted by atomic mass is 10.1. The Hall–Kier alpha value is -3.06. The summed E-state index contributed by atoms with van der Waals surface area (Å²) in [6.07, 6.45) is 0. The van der Waals surface area contributed by atoms with Gasteiger partial charge in [0.2, 0.25) is 5.91 Å². The van der Waals surface area contributed by atoms with Crippen molar-refractivity contribution in [3.63, 3.8) is 0 Å². The molecule has 138 valence electrons. The van der Waals surface area contributed by atoms with E-state index in [0.29, 0.717) is 5.03 Å². The fourth-order valence-corrected chi connectivity index (χ4v) is 2.94. The van der Waals surface area contributed by atoms with Gasteiger partial charge in [-0.15, -0.1) is 10.2 Å². The van der Waals surface area contributed by atoms with Gasteiger partial charge in [-0.25, -0.2) is 0 Å². The van der Waals surface area contributed by atoms with E-state index in [1.807, 2.05) is 36.4 Å². The fraction of sp³-hybridized carbons (Fsp3) is 0.150. The molecule has 0 saturated carbocycles. The van der Waals surface area contributed by atoms with Gasteiger partial charge in [0.15, 0.2) is 0 Å². The van der Waals surface area contributed by atoms with Gasteiger partial charge in [-0.1, -0.05) is 11.8 Å². The Kier molecular flexibility index (Phi) is 6.27. The summed E-state index contributed by atoms with van der Waals surface area (Å²) >= 11 is 1.34.